The van der Waals surface area contributed by atoms with Crippen LogP contribution in [0.3, 0.4) is 0 Å². The highest BCUT2D eigenvalue weighted by atomic mass is 19.2. The summed E-state index contributed by atoms with van der Waals surface area (Å²) in [6.45, 7) is 7.35. The van der Waals surface area contributed by atoms with Gasteiger partial charge in [-0.3, -0.25) is 9.48 Å². The minimum absolute atomic E-state index is 0.0760. The molecule has 2 heterocycles. The molecule has 3 rings (SSSR count). The lowest BCUT2D eigenvalue weighted by atomic mass is 9.86. The second-order valence-electron chi connectivity index (χ2n) is 7.70. The SMILES string of the molecule is CC(C)(C)n1cc(C(=O)NC2CNCCC2c2ccc(F)c(F)c2)cn1. The minimum Gasteiger partial charge on any atom is -0.347 e. The van der Waals surface area contributed by atoms with Crippen molar-refractivity contribution in [2.45, 2.75) is 44.7 Å². The zero-order valence-corrected chi connectivity index (χ0v) is 15.2. The summed E-state index contributed by atoms with van der Waals surface area (Å²) >= 11 is 0. The molecule has 1 aliphatic rings. The minimum atomic E-state index is -0.863. The molecule has 1 aromatic heterocycles. The van der Waals surface area contributed by atoms with Gasteiger partial charge in [0.25, 0.3) is 5.91 Å². The van der Waals surface area contributed by atoms with E-state index in [0.29, 0.717) is 17.7 Å². The van der Waals surface area contributed by atoms with Crippen molar-refractivity contribution < 1.29 is 13.6 Å². The Morgan fingerprint density at radius 3 is 2.73 bits per heavy atom. The Balaban J connectivity index is 1.76. The molecule has 7 heteroatoms. The first-order chi connectivity index (χ1) is 12.3. The Hall–Kier alpha value is -2.28. The molecule has 0 bridgehead atoms. The molecule has 1 saturated heterocycles. The summed E-state index contributed by atoms with van der Waals surface area (Å²) in [5.74, 6) is -2.02. The normalized spacial score (nSPS) is 20.8. The van der Waals surface area contributed by atoms with E-state index in [1.54, 1.807) is 23.1 Å². The molecule has 1 aromatic carbocycles. The van der Waals surface area contributed by atoms with Crippen LogP contribution in [0.25, 0.3) is 0 Å². The fraction of sp³-hybridized carbons (Fsp3) is 0.474. The lowest BCUT2D eigenvalue weighted by Crippen LogP contribution is -2.50. The Bertz CT molecular complexity index is 797. The Morgan fingerprint density at radius 2 is 2.08 bits per heavy atom. The predicted molar refractivity (Wildman–Crippen MR) is 95.1 cm³/mol. The van der Waals surface area contributed by atoms with Crippen LogP contribution >= 0.6 is 0 Å². The predicted octanol–water partition coefficient (Wildman–Crippen LogP) is 2.79. The first-order valence-electron chi connectivity index (χ1n) is 8.77. The first kappa shape index (κ1) is 18.5. The Morgan fingerprint density at radius 1 is 1.31 bits per heavy atom. The molecule has 1 amide bonds. The molecule has 2 atom stereocenters. The number of carbonyl (C=O) groups excluding carboxylic acids is 1. The van der Waals surface area contributed by atoms with E-state index in [-0.39, 0.29) is 23.4 Å². The average Bonchev–Trinajstić information content (AvgIpc) is 3.08. The van der Waals surface area contributed by atoms with Crippen molar-refractivity contribution in [2.24, 2.45) is 0 Å². The number of amides is 1. The number of nitrogens with zero attached hydrogens (tertiary/aromatic N) is 2. The highest BCUT2D eigenvalue weighted by molar-refractivity contribution is 5.94. The molecule has 1 aliphatic heterocycles. The Kier molecular flexibility index (Phi) is 5.09. The van der Waals surface area contributed by atoms with Gasteiger partial charge in [-0.2, -0.15) is 5.10 Å². The number of hydrogen-bond acceptors (Lipinski definition) is 3. The molecule has 5 nitrogen and oxygen atoms in total. The molecular formula is C19H24F2N4O. The van der Waals surface area contributed by atoms with E-state index in [1.165, 1.54) is 6.07 Å². The van der Waals surface area contributed by atoms with Gasteiger partial charge >= 0.3 is 0 Å². The molecule has 2 aromatic rings. The van der Waals surface area contributed by atoms with Crippen molar-refractivity contribution in [3.8, 4) is 0 Å². The average molecular weight is 362 g/mol. The van der Waals surface area contributed by atoms with E-state index in [0.717, 1.165) is 19.0 Å². The van der Waals surface area contributed by atoms with Crippen LogP contribution in [0.5, 0.6) is 0 Å². The fourth-order valence-corrected chi connectivity index (χ4v) is 3.21. The number of carbonyl (C=O) groups is 1. The second-order valence-corrected chi connectivity index (χ2v) is 7.70. The van der Waals surface area contributed by atoms with Gasteiger partial charge in [-0.1, -0.05) is 6.07 Å². The van der Waals surface area contributed by atoms with Gasteiger partial charge in [0, 0.05) is 24.7 Å². The van der Waals surface area contributed by atoms with Crippen molar-refractivity contribution >= 4 is 5.91 Å². The van der Waals surface area contributed by atoms with Gasteiger partial charge < -0.3 is 10.6 Å². The van der Waals surface area contributed by atoms with Gasteiger partial charge in [0.2, 0.25) is 0 Å². The van der Waals surface area contributed by atoms with E-state index < -0.39 is 11.6 Å². The van der Waals surface area contributed by atoms with Crippen LogP contribution in [0.4, 0.5) is 8.78 Å². The van der Waals surface area contributed by atoms with Gasteiger partial charge in [0.15, 0.2) is 11.6 Å². The van der Waals surface area contributed by atoms with E-state index in [1.807, 2.05) is 20.8 Å². The Labute approximate surface area is 151 Å². The number of hydrogen-bond donors (Lipinski definition) is 2. The summed E-state index contributed by atoms with van der Waals surface area (Å²) < 4.78 is 28.6. The van der Waals surface area contributed by atoms with Crippen molar-refractivity contribution in [1.82, 2.24) is 20.4 Å². The van der Waals surface area contributed by atoms with E-state index in [4.69, 9.17) is 0 Å². The van der Waals surface area contributed by atoms with Crippen LogP contribution < -0.4 is 10.6 Å². The third-order valence-electron chi connectivity index (χ3n) is 4.70. The van der Waals surface area contributed by atoms with Crippen LogP contribution in [0.1, 0.15) is 49.0 Å². The molecule has 1 fully saturated rings. The maximum atomic E-state index is 13.6. The quantitative estimate of drug-likeness (QED) is 0.883. The van der Waals surface area contributed by atoms with Gasteiger partial charge in [0.05, 0.1) is 17.3 Å². The third kappa shape index (κ3) is 3.93. The summed E-state index contributed by atoms with van der Waals surface area (Å²) in [4.78, 5) is 12.6. The van der Waals surface area contributed by atoms with Crippen LogP contribution in [0.15, 0.2) is 30.6 Å². The van der Waals surface area contributed by atoms with E-state index in [2.05, 4.69) is 15.7 Å². The number of benzene rings is 1. The molecule has 26 heavy (non-hydrogen) atoms. The second kappa shape index (κ2) is 7.15. The summed E-state index contributed by atoms with van der Waals surface area (Å²) in [5, 5.41) is 10.5. The van der Waals surface area contributed by atoms with Gasteiger partial charge in [-0.25, -0.2) is 8.78 Å². The highest BCUT2D eigenvalue weighted by Crippen LogP contribution is 2.27. The number of nitrogens with one attached hydrogen (secondary N) is 2. The van der Waals surface area contributed by atoms with Crippen molar-refractivity contribution in [3.63, 3.8) is 0 Å². The number of halogens is 2. The van der Waals surface area contributed by atoms with Crippen molar-refractivity contribution in [1.29, 1.82) is 0 Å². The van der Waals surface area contributed by atoms with Crippen LogP contribution in [0.2, 0.25) is 0 Å². The fourth-order valence-electron chi connectivity index (χ4n) is 3.21. The summed E-state index contributed by atoms with van der Waals surface area (Å²) in [6.07, 6.45) is 4.00. The lowest BCUT2D eigenvalue weighted by Gasteiger charge is -2.33. The first-order valence-corrected chi connectivity index (χ1v) is 8.77. The largest absolute Gasteiger partial charge is 0.347 e. The lowest BCUT2D eigenvalue weighted by molar-refractivity contribution is 0.0924. The van der Waals surface area contributed by atoms with E-state index in [9.17, 15) is 13.6 Å². The molecule has 2 unspecified atom stereocenters. The van der Waals surface area contributed by atoms with Crippen molar-refractivity contribution in [2.75, 3.05) is 13.1 Å². The van der Waals surface area contributed by atoms with Crippen LogP contribution in [-0.4, -0.2) is 34.8 Å². The van der Waals surface area contributed by atoms with Gasteiger partial charge in [0.1, 0.15) is 0 Å². The number of rotatable bonds is 3. The topological polar surface area (TPSA) is 59.0 Å². The zero-order chi connectivity index (χ0) is 18.9. The van der Waals surface area contributed by atoms with Crippen LogP contribution in [0, 0.1) is 11.6 Å². The molecular weight excluding hydrogens is 338 g/mol. The molecule has 0 spiro atoms. The molecule has 0 radical (unpaired) electrons. The van der Waals surface area contributed by atoms with Gasteiger partial charge in [-0.05, 0) is 51.4 Å². The van der Waals surface area contributed by atoms with Gasteiger partial charge in [-0.15, -0.1) is 0 Å². The standard InChI is InChI=1S/C19H24F2N4O/c1-19(2,3)25-11-13(9-23-25)18(26)24-17-10-22-7-6-14(17)12-4-5-15(20)16(21)8-12/h4-5,8-9,11,14,17,22H,6-7,10H2,1-3H3,(H,24,26). The smallest absolute Gasteiger partial charge is 0.254 e. The molecule has 140 valence electrons. The molecule has 2 N–H and O–H groups in total. The summed E-state index contributed by atoms with van der Waals surface area (Å²) in [5.41, 5.74) is 0.967. The van der Waals surface area contributed by atoms with Crippen LogP contribution in [-0.2, 0) is 5.54 Å². The highest BCUT2D eigenvalue weighted by Gasteiger charge is 2.29. The van der Waals surface area contributed by atoms with Crippen molar-refractivity contribution in [3.05, 3.63) is 53.4 Å². The number of aromatic nitrogens is 2. The number of piperidine rings is 1. The summed E-state index contributed by atoms with van der Waals surface area (Å²) in [6, 6.07) is 3.74. The summed E-state index contributed by atoms with van der Waals surface area (Å²) in [7, 11) is 0. The molecule has 0 saturated carbocycles. The molecule has 0 aliphatic carbocycles. The maximum absolute atomic E-state index is 13.6. The third-order valence-corrected chi connectivity index (χ3v) is 4.70. The van der Waals surface area contributed by atoms with E-state index >= 15 is 0 Å². The zero-order valence-electron chi connectivity index (χ0n) is 15.2. The monoisotopic (exact) mass is 362 g/mol. The maximum Gasteiger partial charge on any atom is 0.254 e.